The van der Waals surface area contributed by atoms with Crippen LogP contribution in [0.4, 0.5) is 5.69 Å². The van der Waals surface area contributed by atoms with Gasteiger partial charge in [0.2, 0.25) is 0 Å². The van der Waals surface area contributed by atoms with Crippen molar-refractivity contribution in [2.45, 2.75) is 33.1 Å². The fourth-order valence-corrected chi connectivity index (χ4v) is 3.32. The van der Waals surface area contributed by atoms with Gasteiger partial charge in [-0.2, -0.15) is 0 Å². The minimum Gasteiger partial charge on any atom is -0.504 e. The van der Waals surface area contributed by atoms with Crippen LogP contribution in [0.1, 0.15) is 38.1 Å². The Balaban J connectivity index is 1.68. The summed E-state index contributed by atoms with van der Waals surface area (Å²) >= 11 is 0. The van der Waals surface area contributed by atoms with Gasteiger partial charge in [-0.3, -0.25) is 10.3 Å². The number of rotatable bonds is 8. The van der Waals surface area contributed by atoms with E-state index in [0.29, 0.717) is 17.1 Å². The number of aliphatic imine (C=N–C) groups is 1. The van der Waals surface area contributed by atoms with E-state index in [2.05, 4.69) is 46.5 Å². The first-order valence-corrected chi connectivity index (χ1v) is 10.4. The molecule has 1 fully saturated rings. The molecule has 31 heavy (non-hydrogen) atoms. The van der Waals surface area contributed by atoms with Crippen molar-refractivity contribution in [2.75, 3.05) is 25.5 Å². The van der Waals surface area contributed by atoms with Gasteiger partial charge in [-0.1, -0.05) is 30.8 Å². The lowest BCUT2D eigenvalue weighted by atomic mass is 10.0. The van der Waals surface area contributed by atoms with Gasteiger partial charge < -0.3 is 19.9 Å². The third-order valence-corrected chi connectivity index (χ3v) is 4.91. The molecule has 0 bridgehead atoms. The molecule has 6 heteroatoms. The van der Waals surface area contributed by atoms with Crippen molar-refractivity contribution >= 4 is 17.0 Å². The van der Waals surface area contributed by atoms with E-state index in [1.165, 1.54) is 0 Å². The molecule has 164 valence electrons. The molecule has 1 unspecified atom stereocenters. The minimum absolute atomic E-state index is 0.0115. The van der Waals surface area contributed by atoms with Crippen LogP contribution < -0.4 is 15.4 Å². The van der Waals surface area contributed by atoms with E-state index in [1.807, 2.05) is 32.9 Å². The lowest BCUT2D eigenvalue weighted by Crippen LogP contribution is -2.13. The predicted octanol–water partition coefficient (Wildman–Crippen LogP) is 4.90. The summed E-state index contributed by atoms with van der Waals surface area (Å²) in [5, 5.41) is 16.7. The van der Waals surface area contributed by atoms with Crippen LogP contribution in [0.15, 0.2) is 65.8 Å². The molecule has 3 rings (SSSR count). The Morgan fingerprint density at radius 2 is 2.03 bits per heavy atom. The highest BCUT2D eigenvalue weighted by Crippen LogP contribution is 2.30. The SMILES string of the molecule is C=C(Nc1ccc(OC(C)C)c(O)c1)C(/C=C(\C)c1ccc(C2NCCO2)cc1)=NC. The zero-order valence-electron chi connectivity index (χ0n) is 18.6. The molecule has 2 aromatic rings. The average molecular weight is 422 g/mol. The van der Waals surface area contributed by atoms with Gasteiger partial charge >= 0.3 is 0 Å². The predicted molar refractivity (Wildman–Crippen MR) is 127 cm³/mol. The number of hydrogen-bond donors (Lipinski definition) is 3. The van der Waals surface area contributed by atoms with E-state index in [4.69, 9.17) is 9.47 Å². The highest BCUT2D eigenvalue weighted by atomic mass is 16.5. The van der Waals surface area contributed by atoms with Crippen LogP contribution in [0, 0.1) is 0 Å². The standard InChI is InChI=1S/C25H31N3O3/c1-16(2)31-24-11-10-21(15-23(24)29)28-18(4)22(26-5)14-17(3)19-6-8-20(9-7-19)25-27-12-13-30-25/h6-11,14-16,25,27-29H,4,12-13H2,1-3,5H3/b17-14+,26-22?. The lowest BCUT2D eigenvalue weighted by Gasteiger charge is -2.14. The average Bonchev–Trinajstić information content (AvgIpc) is 3.28. The van der Waals surface area contributed by atoms with Crippen molar-refractivity contribution in [3.63, 3.8) is 0 Å². The molecule has 0 radical (unpaired) electrons. The molecule has 1 saturated heterocycles. The van der Waals surface area contributed by atoms with Gasteiger partial charge in [-0.25, -0.2) is 0 Å². The third-order valence-electron chi connectivity index (χ3n) is 4.91. The van der Waals surface area contributed by atoms with Gasteiger partial charge in [0.1, 0.15) is 6.23 Å². The topological polar surface area (TPSA) is 75.1 Å². The molecule has 0 aromatic heterocycles. The highest BCUT2D eigenvalue weighted by Gasteiger charge is 2.16. The van der Waals surface area contributed by atoms with Crippen LogP contribution in [0.3, 0.4) is 0 Å². The van der Waals surface area contributed by atoms with Gasteiger partial charge in [0.15, 0.2) is 11.5 Å². The first-order chi connectivity index (χ1) is 14.9. The van der Waals surface area contributed by atoms with E-state index in [1.54, 1.807) is 19.2 Å². The van der Waals surface area contributed by atoms with Gasteiger partial charge in [0.05, 0.1) is 24.1 Å². The maximum absolute atomic E-state index is 10.2. The van der Waals surface area contributed by atoms with Crippen LogP contribution in [0.2, 0.25) is 0 Å². The number of nitrogens with zero attached hydrogens (tertiary/aromatic N) is 1. The van der Waals surface area contributed by atoms with Crippen molar-refractivity contribution in [1.29, 1.82) is 0 Å². The van der Waals surface area contributed by atoms with Crippen LogP contribution >= 0.6 is 0 Å². The molecule has 0 spiro atoms. The lowest BCUT2D eigenvalue weighted by molar-refractivity contribution is 0.102. The Kier molecular flexibility index (Phi) is 7.50. The Bertz CT molecular complexity index is 972. The maximum atomic E-state index is 10.2. The molecule has 1 aliphatic heterocycles. The zero-order valence-corrected chi connectivity index (χ0v) is 18.6. The van der Waals surface area contributed by atoms with Crippen molar-refractivity contribution in [1.82, 2.24) is 5.32 Å². The second-order valence-corrected chi connectivity index (χ2v) is 7.72. The molecule has 0 aliphatic carbocycles. The summed E-state index contributed by atoms with van der Waals surface area (Å²) in [7, 11) is 1.73. The molecule has 0 saturated carbocycles. The molecule has 0 amide bonds. The summed E-state index contributed by atoms with van der Waals surface area (Å²) in [4.78, 5) is 4.37. The number of ether oxygens (including phenoxy) is 2. The fourth-order valence-electron chi connectivity index (χ4n) is 3.32. The first kappa shape index (κ1) is 22.6. The number of benzene rings is 2. The molecular weight excluding hydrogens is 390 g/mol. The highest BCUT2D eigenvalue weighted by molar-refractivity contribution is 6.13. The molecule has 2 aromatic carbocycles. The van der Waals surface area contributed by atoms with Crippen molar-refractivity contribution in [2.24, 2.45) is 4.99 Å². The molecular formula is C25H31N3O3. The first-order valence-electron chi connectivity index (χ1n) is 10.4. The molecule has 1 heterocycles. The molecule has 1 aliphatic rings. The maximum Gasteiger partial charge on any atom is 0.161 e. The number of phenolic OH excluding ortho intramolecular Hbond substituents is 1. The van der Waals surface area contributed by atoms with Crippen LogP contribution in [0.5, 0.6) is 11.5 Å². The van der Waals surface area contributed by atoms with E-state index >= 15 is 0 Å². The number of allylic oxidation sites excluding steroid dienone is 2. The second-order valence-electron chi connectivity index (χ2n) is 7.72. The van der Waals surface area contributed by atoms with E-state index in [9.17, 15) is 5.11 Å². The smallest absolute Gasteiger partial charge is 0.161 e. The van der Waals surface area contributed by atoms with E-state index in [-0.39, 0.29) is 18.1 Å². The van der Waals surface area contributed by atoms with Crippen molar-refractivity contribution in [3.05, 3.63) is 71.9 Å². The molecule has 3 N–H and O–H groups in total. The Morgan fingerprint density at radius 1 is 1.29 bits per heavy atom. The van der Waals surface area contributed by atoms with Gasteiger partial charge in [-0.15, -0.1) is 0 Å². The largest absolute Gasteiger partial charge is 0.504 e. The normalized spacial score (nSPS) is 17.1. The van der Waals surface area contributed by atoms with Gasteiger partial charge in [0.25, 0.3) is 0 Å². The number of anilines is 1. The number of nitrogens with one attached hydrogen (secondary N) is 2. The number of phenols is 1. The monoisotopic (exact) mass is 421 g/mol. The van der Waals surface area contributed by atoms with Crippen LogP contribution in [-0.2, 0) is 4.74 Å². The van der Waals surface area contributed by atoms with Crippen LogP contribution in [0.25, 0.3) is 5.57 Å². The summed E-state index contributed by atoms with van der Waals surface area (Å²) < 4.78 is 11.2. The summed E-state index contributed by atoms with van der Waals surface area (Å²) in [6.07, 6.45) is 1.96. The summed E-state index contributed by atoms with van der Waals surface area (Å²) in [5.74, 6) is 0.530. The van der Waals surface area contributed by atoms with Crippen molar-refractivity contribution < 1.29 is 14.6 Å². The number of aromatic hydroxyl groups is 1. The summed E-state index contributed by atoms with van der Waals surface area (Å²) in [5.41, 5.74) is 5.36. The summed E-state index contributed by atoms with van der Waals surface area (Å²) in [6.45, 7) is 11.6. The van der Waals surface area contributed by atoms with Gasteiger partial charge in [-0.05, 0) is 55.7 Å². The second kappa shape index (κ2) is 10.3. The molecule has 1 atom stereocenters. The van der Waals surface area contributed by atoms with Gasteiger partial charge in [0, 0.05) is 25.3 Å². The van der Waals surface area contributed by atoms with E-state index in [0.717, 1.165) is 35.6 Å². The Labute approximate surface area is 184 Å². The fraction of sp³-hybridized carbons (Fsp3) is 0.320. The summed E-state index contributed by atoms with van der Waals surface area (Å²) in [6, 6.07) is 13.5. The molecule has 6 nitrogen and oxygen atoms in total. The Hall–Kier alpha value is -3.09. The zero-order chi connectivity index (χ0) is 22.4. The quantitative estimate of drug-likeness (QED) is 0.529. The van der Waals surface area contributed by atoms with Crippen molar-refractivity contribution in [3.8, 4) is 11.5 Å². The minimum atomic E-state index is -0.0242. The van der Waals surface area contributed by atoms with Crippen LogP contribution in [-0.4, -0.2) is 37.1 Å². The third kappa shape index (κ3) is 5.96. The number of hydrogen-bond acceptors (Lipinski definition) is 6. The van der Waals surface area contributed by atoms with E-state index < -0.39 is 0 Å². The Morgan fingerprint density at radius 3 is 2.61 bits per heavy atom.